The normalized spacial score (nSPS) is 10.2. The van der Waals surface area contributed by atoms with Crippen molar-refractivity contribution >= 4 is 40.7 Å². The number of amides is 2. The van der Waals surface area contributed by atoms with Crippen LogP contribution in [0.1, 0.15) is 22.3 Å². The molecule has 0 aliphatic carbocycles. The number of carbonyl (C=O) groups is 2. The summed E-state index contributed by atoms with van der Waals surface area (Å²) in [6.07, 6.45) is 0.164. The lowest BCUT2D eigenvalue weighted by Gasteiger charge is -2.08. The molecular formula is C17H16Cl2N2O2. The molecule has 0 atom stereocenters. The van der Waals surface area contributed by atoms with E-state index in [0.717, 1.165) is 5.56 Å². The third kappa shape index (κ3) is 5.27. The fraction of sp³-hybridized carbons (Fsp3) is 0.176. The summed E-state index contributed by atoms with van der Waals surface area (Å²) in [7, 11) is 0. The zero-order valence-corrected chi connectivity index (χ0v) is 14.0. The van der Waals surface area contributed by atoms with Crippen molar-refractivity contribution in [2.75, 3.05) is 11.9 Å². The van der Waals surface area contributed by atoms with Gasteiger partial charge in [-0.1, -0.05) is 40.9 Å². The van der Waals surface area contributed by atoms with Crippen molar-refractivity contribution in [2.24, 2.45) is 0 Å². The lowest BCUT2D eigenvalue weighted by molar-refractivity contribution is -0.116. The fourth-order valence-electron chi connectivity index (χ4n) is 1.98. The quantitative estimate of drug-likeness (QED) is 0.854. The average molecular weight is 351 g/mol. The molecule has 2 N–H and O–H groups in total. The van der Waals surface area contributed by atoms with E-state index in [9.17, 15) is 9.59 Å². The minimum Gasteiger partial charge on any atom is -0.352 e. The second-order valence-electron chi connectivity index (χ2n) is 5.05. The maximum absolute atomic E-state index is 11.9. The maximum atomic E-state index is 11.9. The number of carbonyl (C=O) groups excluding carboxylic acids is 2. The smallest absolute Gasteiger partial charge is 0.251 e. The molecule has 23 heavy (non-hydrogen) atoms. The molecule has 2 amide bonds. The maximum Gasteiger partial charge on any atom is 0.251 e. The second kappa shape index (κ2) is 7.99. The first-order valence-electron chi connectivity index (χ1n) is 7.05. The zero-order chi connectivity index (χ0) is 16.8. The van der Waals surface area contributed by atoms with Gasteiger partial charge in [0.15, 0.2) is 0 Å². The minimum atomic E-state index is -0.215. The molecule has 0 radical (unpaired) electrons. The van der Waals surface area contributed by atoms with Gasteiger partial charge in [0, 0.05) is 24.2 Å². The number of anilines is 1. The number of hydrogen-bond acceptors (Lipinski definition) is 2. The lowest BCUT2D eigenvalue weighted by Crippen LogP contribution is -2.27. The Labute approximate surface area is 144 Å². The summed E-state index contributed by atoms with van der Waals surface area (Å²) >= 11 is 11.7. The van der Waals surface area contributed by atoms with Gasteiger partial charge in [-0.15, -0.1) is 0 Å². The molecule has 120 valence electrons. The Balaban J connectivity index is 1.80. The molecule has 0 saturated carbocycles. The van der Waals surface area contributed by atoms with E-state index >= 15 is 0 Å². The molecular weight excluding hydrogens is 335 g/mol. The van der Waals surface area contributed by atoms with Crippen molar-refractivity contribution < 1.29 is 9.59 Å². The van der Waals surface area contributed by atoms with Gasteiger partial charge in [-0.25, -0.2) is 0 Å². The topological polar surface area (TPSA) is 58.2 Å². The van der Waals surface area contributed by atoms with Crippen LogP contribution in [-0.2, 0) is 4.79 Å². The predicted octanol–water partition coefficient (Wildman–Crippen LogP) is 4.06. The first kappa shape index (κ1) is 17.3. The van der Waals surface area contributed by atoms with E-state index in [0.29, 0.717) is 21.3 Å². The summed E-state index contributed by atoms with van der Waals surface area (Å²) in [6.45, 7) is 2.17. The molecule has 0 aliphatic heterocycles. The van der Waals surface area contributed by atoms with Crippen LogP contribution < -0.4 is 10.6 Å². The molecule has 4 nitrogen and oxygen atoms in total. The Morgan fingerprint density at radius 3 is 2.52 bits per heavy atom. The summed E-state index contributed by atoms with van der Waals surface area (Å²) in [5.74, 6) is -0.413. The molecule has 0 bridgehead atoms. The molecule has 0 heterocycles. The van der Waals surface area contributed by atoms with Gasteiger partial charge in [0.25, 0.3) is 5.91 Å². The van der Waals surface area contributed by atoms with Crippen LogP contribution in [0.4, 0.5) is 5.69 Å². The van der Waals surface area contributed by atoms with Gasteiger partial charge < -0.3 is 10.6 Å². The first-order valence-corrected chi connectivity index (χ1v) is 7.81. The molecule has 0 aliphatic rings. The Morgan fingerprint density at radius 2 is 1.83 bits per heavy atom. The van der Waals surface area contributed by atoms with E-state index in [2.05, 4.69) is 10.6 Å². The summed E-state index contributed by atoms with van der Waals surface area (Å²) in [4.78, 5) is 23.8. The SMILES string of the molecule is Cc1cccc(C(=O)NCCC(=O)Nc2ccc(Cl)c(Cl)c2)c1. The Hall–Kier alpha value is -2.04. The van der Waals surface area contributed by atoms with Crippen LogP contribution >= 0.6 is 23.2 Å². The van der Waals surface area contributed by atoms with Gasteiger partial charge in [0.1, 0.15) is 0 Å². The van der Waals surface area contributed by atoms with Crippen LogP contribution in [0.2, 0.25) is 10.0 Å². The number of hydrogen-bond donors (Lipinski definition) is 2. The monoisotopic (exact) mass is 350 g/mol. The Kier molecular flexibility index (Phi) is 6.02. The van der Waals surface area contributed by atoms with E-state index < -0.39 is 0 Å². The van der Waals surface area contributed by atoms with Crippen LogP contribution in [0.25, 0.3) is 0 Å². The van der Waals surface area contributed by atoms with E-state index in [1.807, 2.05) is 19.1 Å². The zero-order valence-electron chi connectivity index (χ0n) is 12.5. The lowest BCUT2D eigenvalue weighted by atomic mass is 10.1. The molecule has 0 fully saturated rings. The van der Waals surface area contributed by atoms with Crippen molar-refractivity contribution in [1.82, 2.24) is 5.32 Å². The first-order chi connectivity index (χ1) is 11.0. The van der Waals surface area contributed by atoms with Crippen LogP contribution in [-0.4, -0.2) is 18.4 Å². The largest absolute Gasteiger partial charge is 0.352 e. The highest BCUT2D eigenvalue weighted by Gasteiger charge is 2.08. The van der Waals surface area contributed by atoms with Crippen molar-refractivity contribution in [3.63, 3.8) is 0 Å². The Bertz CT molecular complexity index is 732. The van der Waals surface area contributed by atoms with Crippen molar-refractivity contribution in [3.05, 3.63) is 63.6 Å². The third-order valence-electron chi connectivity index (χ3n) is 3.12. The van der Waals surface area contributed by atoms with E-state index in [4.69, 9.17) is 23.2 Å². The third-order valence-corrected chi connectivity index (χ3v) is 3.86. The van der Waals surface area contributed by atoms with E-state index in [-0.39, 0.29) is 24.8 Å². The molecule has 0 spiro atoms. The summed E-state index contributed by atoms with van der Waals surface area (Å²) < 4.78 is 0. The minimum absolute atomic E-state index is 0.164. The fourth-order valence-corrected chi connectivity index (χ4v) is 2.27. The van der Waals surface area contributed by atoms with Gasteiger partial charge in [-0.3, -0.25) is 9.59 Å². The molecule has 0 saturated heterocycles. The molecule has 0 aromatic heterocycles. The van der Waals surface area contributed by atoms with Gasteiger partial charge in [0.05, 0.1) is 10.0 Å². The number of nitrogens with one attached hydrogen (secondary N) is 2. The molecule has 0 unspecified atom stereocenters. The van der Waals surface area contributed by atoms with Crippen molar-refractivity contribution in [3.8, 4) is 0 Å². The summed E-state index contributed by atoms with van der Waals surface area (Å²) in [5.41, 5.74) is 2.15. The molecule has 2 rings (SSSR count). The molecule has 2 aromatic carbocycles. The summed E-state index contributed by atoms with van der Waals surface area (Å²) in [6, 6.07) is 12.1. The van der Waals surface area contributed by atoms with Gasteiger partial charge >= 0.3 is 0 Å². The highest BCUT2D eigenvalue weighted by atomic mass is 35.5. The van der Waals surface area contributed by atoms with Gasteiger partial charge in [-0.05, 0) is 37.3 Å². The second-order valence-corrected chi connectivity index (χ2v) is 5.87. The van der Waals surface area contributed by atoms with Crippen LogP contribution in [0.3, 0.4) is 0 Å². The predicted molar refractivity (Wildman–Crippen MR) is 93.2 cm³/mol. The van der Waals surface area contributed by atoms with Crippen LogP contribution in [0.15, 0.2) is 42.5 Å². The highest BCUT2D eigenvalue weighted by Crippen LogP contribution is 2.24. The average Bonchev–Trinajstić information content (AvgIpc) is 2.51. The van der Waals surface area contributed by atoms with Gasteiger partial charge in [0.2, 0.25) is 5.91 Å². The number of halogens is 2. The number of aryl methyl sites for hydroxylation is 1. The van der Waals surface area contributed by atoms with Crippen molar-refractivity contribution in [2.45, 2.75) is 13.3 Å². The number of rotatable bonds is 5. The van der Waals surface area contributed by atoms with Crippen LogP contribution in [0.5, 0.6) is 0 Å². The van der Waals surface area contributed by atoms with E-state index in [1.54, 1.807) is 30.3 Å². The van der Waals surface area contributed by atoms with Crippen LogP contribution in [0, 0.1) is 6.92 Å². The van der Waals surface area contributed by atoms with Crippen molar-refractivity contribution in [1.29, 1.82) is 0 Å². The molecule has 6 heteroatoms. The Morgan fingerprint density at radius 1 is 1.04 bits per heavy atom. The van der Waals surface area contributed by atoms with E-state index in [1.165, 1.54) is 0 Å². The summed E-state index contributed by atoms with van der Waals surface area (Å²) in [5, 5.41) is 6.21. The number of benzene rings is 2. The highest BCUT2D eigenvalue weighted by molar-refractivity contribution is 6.42. The molecule has 2 aromatic rings. The van der Waals surface area contributed by atoms with Gasteiger partial charge in [-0.2, -0.15) is 0 Å². The standard InChI is InChI=1S/C17H16Cl2N2O2/c1-11-3-2-4-12(9-11)17(23)20-8-7-16(22)21-13-5-6-14(18)15(19)10-13/h2-6,9-10H,7-8H2,1H3,(H,20,23)(H,21,22).